The largest absolute Gasteiger partial charge is 0.494 e. The summed E-state index contributed by atoms with van der Waals surface area (Å²) in [6.07, 6.45) is 5.23. The summed E-state index contributed by atoms with van der Waals surface area (Å²) in [5.74, 6) is 0.518. The van der Waals surface area contributed by atoms with Crippen LogP contribution in [0.2, 0.25) is 0 Å². The summed E-state index contributed by atoms with van der Waals surface area (Å²) < 4.78 is 18.4. The minimum Gasteiger partial charge on any atom is -0.494 e. The number of hydrogen-bond acceptors (Lipinski definition) is 4. The van der Waals surface area contributed by atoms with E-state index >= 15 is 0 Å². The van der Waals surface area contributed by atoms with Gasteiger partial charge in [0, 0.05) is 18.9 Å². The van der Waals surface area contributed by atoms with Crippen LogP contribution < -0.4 is 10.1 Å². The summed E-state index contributed by atoms with van der Waals surface area (Å²) in [5.41, 5.74) is 2.01. The van der Waals surface area contributed by atoms with Crippen LogP contribution in [-0.2, 0) is 12.8 Å². The van der Waals surface area contributed by atoms with Gasteiger partial charge < -0.3 is 10.1 Å². The molecule has 0 amide bonds. The standard InChI is InChI=1S/C15H18FN3O/c1-3-11-9-18-15(19-10-11)17-7-6-12-4-5-14(20-2)13(16)8-12/h4-5,8-10H,3,6-7H2,1-2H3,(H,17,18,19). The Labute approximate surface area is 118 Å². The molecule has 0 atom stereocenters. The van der Waals surface area contributed by atoms with E-state index in [0.29, 0.717) is 18.9 Å². The molecule has 0 aliphatic heterocycles. The van der Waals surface area contributed by atoms with Crippen LogP contribution in [0, 0.1) is 5.82 Å². The van der Waals surface area contributed by atoms with Crippen molar-refractivity contribution in [2.24, 2.45) is 0 Å². The molecule has 0 spiro atoms. The number of benzene rings is 1. The highest BCUT2D eigenvalue weighted by Crippen LogP contribution is 2.17. The third-order valence-electron chi connectivity index (χ3n) is 3.03. The quantitative estimate of drug-likeness (QED) is 0.880. The molecule has 0 saturated heterocycles. The van der Waals surface area contributed by atoms with Gasteiger partial charge in [-0.1, -0.05) is 13.0 Å². The van der Waals surface area contributed by atoms with Gasteiger partial charge in [0.1, 0.15) is 0 Å². The van der Waals surface area contributed by atoms with E-state index in [1.807, 2.05) is 18.5 Å². The highest BCUT2D eigenvalue weighted by atomic mass is 19.1. The lowest BCUT2D eigenvalue weighted by Gasteiger charge is -2.07. The summed E-state index contributed by atoms with van der Waals surface area (Å²) in [4.78, 5) is 8.42. The lowest BCUT2D eigenvalue weighted by Crippen LogP contribution is -2.08. The van der Waals surface area contributed by atoms with Gasteiger partial charge in [0.15, 0.2) is 11.6 Å². The first-order valence-electron chi connectivity index (χ1n) is 6.60. The highest BCUT2D eigenvalue weighted by molar-refractivity contribution is 5.30. The average Bonchev–Trinajstić information content (AvgIpc) is 2.48. The van der Waals surface area contributed by atoms with E-state index in [9.17, 15) is 4.39 Å². The van der Waals surface area contributed by atoms with Crippen molar-refractivity contribution in [2.45, 2.75) is 19.8 Å². The van der Waals surface area contributed by atoms with Gasteiger partial charge in [-0.3, -0.25) is 0 Å². The van der Waals surface area contributed by atoms with Crippen molar-refractivity contribution in [1.82, 2.24) is 9.97 Å². The average molecular weight is 275 g/mol. The van der Waals surface area contributed by atoms with E-state index in [4.69, 9.17) is 4.74 Å². The Hall–Kier alpha value is -2.17. The number of methoxy groups -OCH3 is 1. The van der Waals surface area contributed by atoms with E-state index in [1.165, 1.54) is 13.2 Å². The molecule has 5 heteroatoms. The van der Waals surface area contributed by atoms with Crippen LogP contribution >= 0.6 is 0 Å². The maximum Gasteiger partial charge on any atom is 0.222 e. The van der Waals surface area contributed by atoms with Crippen LogP contribution in [0.25, 0.3) is 0 Å². The SMILES string of the molecule is CCc1cnc(NCCc2ccc(OC)c(F)c2)nc1. The van der Waals surface area contributed by atoms with E-state index in [-0.39, 0.29) is 11.6 Å². The molecule has 1 heterocycles. The number of halogens is 1. The molecule has 0 radical (unpaired) electrons. The monoisotopic (exact) mass is 275 g/mol. The van der Waals surface area contributed by atoms with E-state index in [1.54, 1.807) is 6.07 Å². The van der Waals surface area contributed by atoms with Gasteiger partial charge in [0.05, 0.1) is 7.11 Å². The fraction of sp³-hybridized carbons (Fsp3) is 0.333. The smallest absolute Gasteiger partial charge is 0.222 e. The maximum absolute atomic E-state index is 13.5. The lowest BCUT2D eigenvalue weighted by atomic mass is 10.1. The van der Waals surface area contributed by atoms with Crippen molar-refractivity contribution in [2.75, 3.05) is 19.0 Å². The highest BCUT2D eigenvalue weighted by Gasteiger charge is 2.03. The van der Waals surface area contributed by atoms with Gasteiger partial charge in [0.2, 0.25) is 5.95 Å². The number of ether oxygens (including phenoxy) is 1. The fourth-order valence-electron chi connectivity index (χ4n) is 1.81. The molecule has 2 aromatic rings. The third-order valence-corrected chi connectivity index (χ3v) is 3.03. The first-order valence-corrected chi connectivity index (χ1v) is 6.60. The van der Waals surface area contributed by atoms with Gasteiger partial charge in [-0.2, -0.15) is 0 Å². The molecule has 0 saturated carbocycles. The van der Waals surface area contributed by atoms with Crippen LogP contribution in [0.15, 0.2) is 30.6 Å². The molecule has 0 aliphatic rings. The Morgan fingerprint density at radius 3 is 2.55 bits per heavy atom. The normalized spacial score (nSPS) is 10.3. The topological polar surface area (TPSA) is 47.0 Å². The van der Waals surface area contributed by atoms with Crippen molar-refractivity contribution in [1.29, 1.82) is 0 Å². The molecule has 1 aromatic carbocycles. The minimum atomic E-state index is -0.339. The molecular formula is C15H18FN3O. The Morgan fingerprint density at radius 1 is 1.20 bits per heavy atom. The van der Waals surface area contributed by atoms with Gasteiger partial charge >= 0.3 is 0 Å². The second-order valence-corrected chi connectivity index (χ2v) is 4.41. The molecule has 1 aromatic heterocycles. The molecule has 4 nitrogen and oxygen atoms in total. The summed E-state index contributed by atoms with van der Waals surface area (Å²) in [6, 6.07) is 4.98. The van der Waals surface area contributed by atoms with Crippen LogP contribution in [0.3, 0.4) is 0 Å². The van der Waals surface area contributed by atoms with Crippen molar-refractivity contribution in [3.8, 4) is 5.75 Å². The number of aryl methyl sites for hydroxylation is 1. The van der Waals surface area contributed by atoms with Crippen LogP contribution in [0.1, 0.15) is 18.1 Å². The molecule has 0 unspecified atom stereocenters. The Bertz CT molecular complexity index is 558. The second-order valence-electron chi connectivity index (χ2n) is 4.41. The number of hydrogen-bond donors (Lipinski definition) is 1. The van der Waals surface area contributed by atoms with Gasteiger partial charge in [0.25, 0.3) is 0 Å². The first-order chi connectivity index (χ1) is 9.72. The lowest BCUT2D eigenvalue weighted by molar-refractivity contribution is 0.386. The van der Waals surface area contributed by atoms with E-state index < -0.39 is 0 Å². The summed E-state index contributed by atoms with van der Waals surface area (Å²) in [6.45, 7) is 2.71. The van der Waals surface area contributed by atoms with Crippen LogP contribution in [0.4, 0.5) is 10.3 Å². The Kier molecular flexibility index (Phi) is 4.87. The van der Waals surface area contributed by atoms with Crippen molar-refractivity contribution in [3.63, 3.8) is 0 Å². The van der Waals surface area contributed by atoms with Gasteiger partial charge in [-0.25, -0.2) is 14.4 Å². The second kappa shape index (κ2) is 6.84. The molecule has 2 rings (SSSR count). The fourth-order valence-corrected chi connectivity index (χ4v) is 1.81. The molecule has 0 bridgehead atoms. The molecule has 20 heavy (non-hydrogen) atoms. The predicted molar refractivity (Wildman–Crippen MR) is 76.6 cm³/mol. The maximum atomic E-state index is 13.5. The van der Waals surface area contributed by atoms with E-state index in [2.05, 4.69) is 22.2 Å². The van der Waals surface area contributed by atoms with Crippen molar-refractivity contribution < 1.29 is 9.13 Å². The zero-order valence-corrected chi connectivity index (χ0v) is 11.7. The minimum absolute atomic E-state index is 0.264. The molecule has 0 fully saturated rings. The first kappa shape index (κ1) is 14.2. The number of aromatic nitrogens is 2. The Balaban J connectivity index is 1.87. The number of rotatable bonds is 6. The zero-order valence-electron chi connectivity index (χ0n) is 11.7. The van der Waals surface area contributed by atoms with Crippen LogP contribution in [-0.4, -0.2) is 23.6 Å². The Morgan fingerprint density at radius 2 is 1.95 bits per heavy atom. The summed E-state index contributed by atoms with van der Waals surface area (Å²) in [5, 5.41) is 3.12. The number of anilines is 1. The number of nitrogens with zero attached hydrogens (tertiary/aromatic N) is 2. The molecule has 106 valence electrons. The van der Waals surface area contributed by atoms with Crippen molar-refractivity contribution in [3.05, 3.63) is 47.5 Å². The third kappa shape index (κ3) is 3.66. The zero-order chi connectivity index (χ0) is 14.4. The molecule has 0 aliphatic carbocycles. The summed E-state index contributed by atoms with van der Waals surface area (Å²) >= 11 is 0. The van der Waals surface area contributed by atoms with Crippen LogP contribution in [0.5, 0.6) is 5.75 Å². The van der Waals surface area contributed by atoms with Crippen molar-refractivity contribution >= 4 is 5.95 Å². The van der Waals surface area contributed by atoms with Gasteiger partial charge in [-0.15, -0.1) is 0 Å². The van der Waals surface area contributed by atoms with Gasteiger partial charge in [-0.05, 0) is 36.1 Å². The summed E-state index contributed by atoms with van der Waals surface area (Å²) in [7, 11) is 1.46. The molecular weight excluding hydrogens is 257 g/mol. The number of nitrogens with one attached hydrogen (secondary N) is 1. The van der Waals surface area contributed by atoms with E-state index in [0.717, 1.165) is 17.5 Å². The predicted octanol–water partition coefficient (Wildman–Crippen LogP) is 2.84. The molecule has 1 N–H and O–H groups in total.